The lowest BCUT2D eigenvalue weighted by Gasteiger charge is -2.22. The highest BCUT2D eigenvalue weighted by atomic mass is 32.1. The van der Waals surface area contributed by atoms with Crippen LogP contribution in [0.3, 0.4) is 0 Å². The standard InChI is InChI=1S/C16H18N2S/c1-10-14(18)13(9-17)19-15(10)11-7-5-6-8-12(11)16(2,3)4/h5-8H,18H2,1-4H3. The first-order valence-corrected chi connectivity index (χ1v) is 7.06. The van der Waals surface area contributed by atoms with E-state index in [-0.39, 0.29) is 5.41 Å². The molecule has 2 N–H and O–H groups in total. The largest absolute Gasteiger partial charge is 0.397 e. The van der Waals surface area contributed by atoms with Crippen molar-refractivity contribution in [3.05, 3.63) is 40.3 Å². The Hall–Kier alpha value is -1.79. The summed E-state index contributed by atoms with van der Waals surface area (Å²) in [6, 6.07) is 10.5. The Morgan fingerprint density at radius 2 is 1.84 bits per heavy atom. The Morgan fingerprint density at radius 3 is 2.37 bits per heavy atom. The zero-order valence-corrected chi connectivity index (χ0v) is 12.6. The van der Waals surface area contributed by atoms with Crippen LogP contribution in [0.1, 0.15) is 36.8 Å². The molecule has 0 radical (unpaired) electrons. The summed E-state index contributed by atoms with van der Waals surface area (Å²) in [7, 11) is 0. The van der Waals surface area contributed by atoms with Gasteiger partial charge in [0.15, 0.2) is 0 Å². The second-order valence-corrected chi connectivity index (χ2v) is 6.73. The Morgan fingerprint density at radius 1 is 1.21 bits per heavy atom. The van der Waals surface area contributed by atoms with E-state index in [0.717, 1.165) is 10.4 Å². The molecule has 0 bridgehead atoms. The maximum absolute atomic E-state index is 9.11. The molecular weight excluding hydrogens is 252 g/mol. The minimum Gasteiger partial charge on any atom is -0.397 e. The zero-order valence-electron chi connectivity index (χ0n) is 11.7. The fourth-order valence-corrected chi connectivity index (χ4v) is 3.27. The van der Waals surface area contributed by atoms with Crippen molar-refractivity contribution in [1.82, 2.24) is 0 Å². The summed E-state index contributed by atoms with van der Waals surface area (Å²) in [6.45, 7) is 8.58. The molecule has 19 heavy (non-hydrogen) atoms. The van der Waals surface area contributed by atoms with Crippen LogP contribution >= 0.6 is 11.3 Å². The van der Waals surface area contributed by atoms with Crippen LogP contribution < -0.4 is 5.73 Å². The highest BCUT2D eigenvalue weighted by Crippen LogP contribution is 2.41. The molecule has 2 nitrogen and oxygen atoms in total. The number of hydrogen-bond donors (Lipinski definition) is 1. The summed E-state index contributed by atoms with van der Waals surface area (Å²) in [5, 5.41) is 9.11. The molecule has 98 valence electrons. The average molecular weight is 270 g/mol. The quantitative estimate of drug-likeness (QED) is 0.830. The molecular formula is C16H18N2S. The summed E-state index contributed by atoms with van der Waals surface area (Å²) in [6.07, 6.45) is 0. The smallest absolute Gasteiger partial charge is 0.128 e. The van der Waals surface area contributed by atoms with Crippen molar-refractivity contribution >= 4 is 17.0 Å². The van der Waals surface area contributed by atoms with E-state index in [9.17, 15) is 0 Å². The van der Waals surface area contributed by atoms with E-state index in [1.54, 1.807) is 0 Å². The highest BCUT2D eigenvalue weighted by molar-refractivity contribution is 7.16. The zero-order chi connectivity index (χ0) is 14.2. The molecule has 0 saturated carbocycles. The number of hydrogen-bond acceptors (Lipinski definition) is 3. The molecule has 0 unspecified atom stereocenters. The lowest BCUT2D eigenvalue weighted by molar-refractivity contribution is 0.592. The van der Waals surface area contributed by atoms with Crippen molar-refractivity contribution in [3.63, 3.8) is 0 Å². The number of nitrogens with two attached hydrogens (primary N) is 1. The first-order chi connectivity index (χ1) is 8.86. The van der Waals surface area contributed by atoms with Crippen molar-refractivity contribution in [1.29, 1.82) is 5.26 Å². The van der Waals surface area contributed by atoms with Crippen LogP contribution in [0.4, 0.5) is 5.69 Å². The average Bonchev–Trinajstić information content (AvgIpc) is 2.65. The topological polar surface area (TPSA) is 49.8 Å². The van der Waals surface area contributed by atoms with Gasteiger partial charge < -0.3 is 5.73 Å². The van der Waals surface area contributed by atoms with E-state index >= 15 is 0 Å². The first-order valence-electron chi connectivity index (χ1n) is 6.25. The maximum atomic E-state index is 9.11. The minimum absolute atomic E-state index is 0.0641. The van der Waals surface area contributed by atoms with E-state index in [2.05, 4.69) is 45.0 Å². The molecule has 2 rings (SSSR count). The number of nitrogens with zero attached hydrogens (tertiary/aromatic N) is 1. The molecule has 2 aromatic rings. The molecule has 3 heteroatoms. The number of thiophene rings is 1. The number of benzene rings is 1. The van der Waals surface area contributed by atoms with Crippen molar-refractivity contribution < 1.29 is 0 Å². The Kier molecular flexibility index (Phi) is 3.38. The van der Waals surface area contributed by atoms with Gasteiger partial charge in [-0.25, -0.2) is 0 Å². The van der Waals surface area contributed by atoms with Gasteiger partial charge in [0.05, 0.1) is 5.69 Å². The van der Waals surface area contributed by atoms with Crippen LogP contribution in [0.5, 0.6) is 0 Å². The lowest BCUT2D eigenvalue weighted by Crippen LogP contribution is -2.12. The highest BCUT2D eigenvalue weighted by Gasteiger charge is 2.21. The number of nitrogen functional groups attached to an aromatic ring is 1. The van der Waals surface area contributed by atoms with E-state index in [0.29, 0.717) is 10.6 Å². The van der Waals surface area contributed by atoms with Gasteiger partial charge >= 0.3 is 0 Å². The van der Waals surface area contributed by atoms with Crippen LogP contribution in [0.25, 0.3) is 10.4 Å². The SMILES string of the molecule is Cc1c(-c2ccccc2C(C)(C)C)sc(C#N)c1N. The number of anilines is 1. The molecule has 1 aromatic carbocycles. The van der Waals surface area contributed by atoms with E-state index in [4.69, 9.17) is 11.0 Å². The molecule has 0 spiro atoms. The van der Waals surface area contributed by atoms with Crippen molar-refractivity contribution in [2.45, 2.75) is 33.1 Å². The van der Waals surface area contributed by atoms with Gasteiger partial charge in [0.25, 0.3) is 0 Å². The Labute approximate surface area is 118 Å². The van der Waals surface area contributed by atoms with Crippen LogP contribution in [0, 0.1) is 18.3 Å². The molecule has 1 aromatic heterocycles. The van der Waals surface area contributed by atoms with Crippen molar-refractivity contribution in [3.8, 4) is 16.5 Å². The molecule has 0 aliphatic rings. The van der Waals surface area contributed by atoms with Crippen LogP contribution in [0.2, 0.25) is 0 Å². The van der Waals surface area contributed by atoms with E-state index < -0.39 is 0 Å². The molecule has 0 aliphatic carbocycles. The lowest BCUT2D eigenvalue weighted by atomic mass is 9.83. The minimum atomic E-state index is 0.0641. The fraction of sp³-hybridized carbons (Fsp3) is 0.312. The summed E-state index contributed by atoms with van der Waals surface area (Å²) >= 11 is 1.48. The molecule has 1 heterocycles. The van der Waals surface area contributed by atoms with Gasteiger partial charge in [0, 0.05) is 4.88 Å². The summed E-state index contributed by atoms with van der Waals surface area (Å²) in [5.41, 5.74) is 10.2. The second kappa shape index (κ2) is 4.71. The molecule has 0 aliphatic heterocycles. The predicted octanol–water partition coefficient (Wildman–Crippen LogP) is 4.47. The molecule has 0 atom stereocenters. The third-order valence-corrected chi connectivity index (χ3v) is 4.52. The Balaban J connectivity index is 2.71. The van der Waals surface area contributed by atoms with Gasteiger partial charge in [-0.05, 0) is 29.0 Å². The third-order valence-electron chi connectivity index (χ3n) is 3.27. The second-order valence-electron chi connectivity index (χ2n) is 5.71. The van der Waals surface area contributed by atoms with Crippen LogP contribution in [-0.2, 0) is 5.41 Å². The van der Waals surface area contributed by atoms with Crippen LogP contribution in [-0.4, -0.2) is 0 Å². The fourth-order valence-electron chi connectivity index (χ4n) is 2.20. The summed E-state index contributed by atoms with van der Waals surface area (Å²) in [4.78, 5) is 1.72. The Bertz CT molecular complexity index is 654. The van der Waals surface area contributed by atoms with Crippen molar-refractivity contribution in [2.24, 2.45) is 0 Å². The first kappa shape index (κ1) is 13.6. The van der Waals surface area contributed by atoms with Crippen molar-refractivity contribution in [2.75, 3.05) is 5.73 Å². The molecule has 0 fully saturated rings. The summed E-state index contributed by atoms with van der Waals surface area (Å²) in [5.74, 6) is 0. The monoisotopic (exact) mass is 270 g/mol. The van der Waals surface area contributed by atoms with Gasteiger partial charge in [-0.2, -0.15) is 5.26 Å². The van der Waals surface area contributed by atoms with Gasteiger partial charge in [0.2, 0.25) is 0 Å². The van der Waals surface area contributed by atoms with Gasteiger partial charge in [-0.1, -0.05) is 45.0 Å². The number of rotatable bonds is 1. The third kappa shape index (κ3) is 2.36. The van der Waals surface area contributed by atoms with Gasteiger partial charge in [-0.3, -0.25) is 0 Å². The van der Waals surface area contributed by atoms with E-state index in [1.165, 1.54) is 22.5 Å². The number of nitriles is 1. The maximum Gasteiger partial charge on any atom is 0.128 e. The van der Waals surface area contributed by atoms with E-state index in [1.807, 2.05) is 13.0 Å². The van der Waals surface area contributed by atoms with Gasteiger partial charge in [-0.15, -0.1) is 11.3 Å². The van der Waals surface area contributed by atoms with Gasteiger partial charge in [0.1, 0.15) is 10.9 Å². The normalized spacial score (nSPS) is 11.3. The van der Waals surface area contributed by atoms with Crippen LogP contribution in [0.15, 0.2) is 24.3 Å². The molecule has 0 saturated heterocycles. The predicted molar refractivity (Wildman–Crippen MR) is 82.3 cm³/mol. The molecule has 0 amide bonds. The summed E-state index contributed by atoms with van der Waals surface area (Å²) < 4.78 is 0.